The van der Waals surface area contributed by atoms with Crippen molar-refractivity contribution >= 4 is 11.9 Å². The number of benzene rings is 1. The number of carbonyl (C=O) groups is 2. The van der Waals surface area contributed by atoms with Crippen LogP contribution in [0.25, 0.3) is 0 Å². The molecule has 1 aromatic rings. The Labute approximate surface area is 149 Å². The summed E-state index contributed by atoms with van der Waals surface area (Å²) in [4.78, 5) is 27.3. The molecule has 6 nitrogen and oxygen atoms in total. The van der Waals surface area contributed by atoms with E-state index in [4.69, 9.17) is 9.84 Å². The highest BCUT2D eigenvalue weighted by atomic mass is 16.5. The van der Waals surface area contributed by atoms with Crippen LogP contribution in [0.15, 0.2) is 24.3 Å². The second kappa shape index (κ2) is 9.42. The number of hydrogen-bond donors (Lipinski definition) is 1. The Morgan fingerprint density at radius 1 is 1.24 bits per heavy atom. The Morgan fingerprint density at radius 3 is 2.56 bits per heavy atom. The molecule has 0 radical (unpaired) electrons. The predicted octanol–water partition coefficient (Wildman–Crippen LogP) is 2.55. The fourth-order valence-electron chi connectivity index (χ4n) is 3.37. The summed E-state index contributed by atoms with van der Waals surface area (Å²) in [5.41, 5.74) is 1.11. The number of carbonyl (C=O) groups excluding carboxylic acids is 1. The van der Waals surface area contributed by atoms with E-state index in [0.29, 0.717) is 13.2 Å². The molecule has 1 aromatic carbocycles. The van der Waals surface area contributed by atoms with Gasteiger partial charge in [0, 0.05) is 6.54 Å². The van der Waals surface area contributed by atoms with Crippen LogP contribution in [0.1, 0.15) is 44.7 Å². The lowest BCUT2D eigenvalue weighted by molar-refractivity contribution is -0.140. The van der Waals surface area contributed by atoms with Crippen molar-refractivity contribution in [3.8, 4) is 5.75 Å². The first-order valence-corrected chi connectivity index (χ1v) is 9.01. The summed E-state index contributed by atoms with van der Waals surface area (Å²) in [5, 5.41) is 9.01. The predicted molar refractivity (Wildman–Crippen MR) is 95.7 cm³/mol. The van der Waals surface area contributed by atoms with Crippen LogP contribution in [-0.4, -0.2) is 59.6 Å². The summed E-state index contributed by atoms with van der Waals surface area (Å²) in [6, 6.07) is 7.97. The zero-order chi connectivity index (χ0) is 18.2. The van der Waals surface area contributed by atoms with Crippen LogP contribution in [0.5, 0.6) is 5.75 Å². The van der Waals surface area contributed by atoms with Gasteiger partial charge in [0.05, 0.1) is 25.7 Å². The monoisotopic (exact) mass is 348 g/mol. The lowest BCUT2D eigenvalue weighted by atomic mass is 10.0. The maximum Gasteiger partial charge on any atom is 0.317 e. The van der Waals surface area contributed by atoms with E-state index >= 15 is 0 Å². The van der Waals surface area contributed by atoms with Gasteiger partial charge in [-0.15, -0.1) is 0 Å². The van der Waals surface area contributed by atoms with E-state index < -0.39 is 5.97 Å². The minimum atomic E-state index is -0.897. The third-order valence-electron chi connectivity index (χ3n) is 4.41. The van der Waals surface area contributed by atoms with Gasteiger partial charge in [-0.1, -0.05) is 19.1 Å². The van der Waals surface area contributed by atoms with Crippen LogP contribution in [0.2, 0.25) is 0 Å². The van der Waals surface area contributed by atoms with Gasteiger partial charge in [-0.25, -0.2) is 0 Å². The third-order valence-corrected chi connectivity index (χ3v) is 4.41. The highest BCUT2D eigenvalue weighted by Gasteiger charge is 2.30. The van der Waals surface area contributed by atoms with E-state index in [1.165, 1.54) is 0 Å². The molecule has 0 spiro atoms. The van der Waals surface area contributed by atoms with Gasteiger partial charge in [0.15, 0.2) is 0 Å². The largest absolute Gasteiger partial charge is 0.494 e. The first-order chi connectivity index (χ1) is 12.0. The Morgan fingerprint density at radius 2 is 1.96 bits per heavy atom. The molecule has 1 atom stereocenters. The van der Waals surface area contributed by atoms with Crippen LogP contribution in [0, 0.1) is 0 Å². The maximum absolute atomic E-state index is 12.7. The molecule has 1 fully saturated rings. The summed E-state index contributed by atoms with van der Waals surface area (Å²) in [6.07, 6.45) is 2.73. The number of amides is 1. The molecule has 138 valence electrons. The summed E-state index contributed by atoms with van der Waals surface area (Å²) in [6.45, 7) is 5.96. The average molecular weight is 348 g/mol. The third kappa shape index (κ3) is 5.46. The van der Waals surface area contributed by atoms with Gasteiger partial charge in [-0.3, -0.25) is 14.5 Å². The standard InChI is InChI=1S/C19H28N2O4/c1-3-11-20(14-19(23)24)13-18(22)21-12-5-6-17(21)15-7-9-16(10-8-15)25-4-2/h7-10,17H,3-6,11-14H2,1-2H3,(H,23,24). The molecule has 1 amide bonds. The molecule has 1 aliphatic heterocycles. The molecule has 0 bridgehead atoms. The molecule has 0 saturated carbocycles. The number of rotatable bonds is 9. The number of aliphatic carboxylic acids is 1. The molecule has 0 aliphatic carbocycles. The summed E-state index contributed by atoms with van der Waals surface area (Å²) in [7, 11) is 0. The fourth-order valence-corrected chi connectivity index (χ4v) is 3.37. The number of nitrogens with zero attached hydrogens (tertiary/aromatic N) is 2. The molecule has 1 unspecified atom stereocenters. The van der Waals surface area contributed by atoms with Gasteiger partial charge in [0.2, 0.25) is 5.91 Å². The molecular weight excluding hydrogens is 320 g/mol. The number of ether oxygens (including phenoxy) is 1. The maximum atomic E-state index is 12.7. The van der Waals surface area contributed by atoms with Crippen molar-refractivity contribution in [2.45, 2.75) is 39.2 Å². The van der Waals surface area contributed by atoms with Crippen molar-refractivity contribution in [1.82, 2.24) is 9.80 Å². The number of carboxylic acids is 1. The summed E-state index contributed by atoms with van der Waals surface area (Å²) < 4.78 is 5.47. The van der Waals surface area contributed by atoms with Gasteiger partial charge in [0.25, 0.3) is 0 Å². The van der Waals surface area contributed by atoms with E-state index in [1.54, 1.807) is 4.90 Å². The quantitative estimate of drug-likeness (QED) is 0.743. The molecule has 2 rings (SSSR count). The normalized spacial score (nSPS) is 17.1. The zero-order valence-electron chi connectivity index (χ0n) is 15.1. The van der Waals surface area contributed by atoms with Crippen LogP contribution in [-0.2, 0) is 9.59 Å². The van der Waals surface area contributed by atoms with Gasteiger partial charge in [0.1, 0.15) is 5.75 Å². The van der Waals surface area contributed by atoms with Crippen LogP contribution < -0.4 is 4.74 Å². The topological polar surface area (TPSA) is 70.1 Å². The smallest absolute Gasteiger partial charge is 0.317 e. The van der Waals surface area contributed by atoms with Crippen molar-refractivity contribution in [2.75, 3.05) is 32.8 Å². The molecule has 6 heteroatoms. The van der Waals surface area contributed by atoms with Gasteiger partial charge < -0.3 is 14.7 Å². The van der Waals surface area contributed by atoms with Crippen LogP contribution >= 0.6 is 0 Å². The van der Waals surface area contributed by atoms with E-state index in [0.717, 1.165) is 37.1 Å². The lowest BCUT2D eigenvalue weighted by Gasteiger charge is -2.28. The van der Waals surface area contributed by atoms with Gasteiger partial charge >= 0.3 is 5.97 Å². The highest BCUT2D eigenvalue weighted by molar-refractivity contribution is 5.80. The molecule has 1 saturated heterocycles. The Balaban J connectivity index is 2.03. The van der Waals surface area contributed by atoms with E-state index in [2.05, 4.69) is 0 Å². The molecule has 1 heterocycles. The van der Waals surface area contributed by atoms with E-state index in [-0.39, 0.29) is 25.0 Å². The van der Waals surface area contributed by atoms with Gasteiger partial charge in [-0.2, -0.15) is 0 Å². The molecule has 25 heavy (non-hydrogen) atoms. The summed E-state index contributed by atoms with van der Waals surface area (Å²) >= 11 is 0. The molecule has 0 aromatic heterocycles. The highest BCUT2D eigenvalue weighted by Crippen LogP contribution is 2.32. The Hall–Kier alpha value is -2.08. The number of carboxylic acid groups (broad SMARTS) is 1. The van der Waals surface area contributed by atoms with Crippen molar-refractivity contribution in [1.29, 1.82) is 0 Å². The average Bonchev–Trinajstić information content (AvgIpc) is 3.05. The Kier molecular flexibility index (Phi) is 7.25. The summed E-state index contributed by atoms with van der Waals surface area (Å²) in [5.74, 6) is -0.0606. The minimum Gasteiger partial charge on any atom is -0.494 e. The number of hydrogen-bond acceptors (Lipinski definition) is 4. The van der Waals surface area contributed by atoms with E-state index in [1.807, 2.05) is 43.0 Å². The first kappa shape index (κ1) is 19.2. The van der Waals surface area contributed by atoms with Crippen LogP contribution in [0.3, 0.4) is 0 Å². The van der Waals surface area contributed by atoms with Crippen molar-refractivity contribution < 1.29 is 19.4 Å². The van der Waals surface area contributed by atoms with Gasteiger partial charge in [-0.05, 0) is 50.4 Å². The van der Waals surface area contributed by atoms with Crippen molar-refractivity contribution in [3.05, 3.63) is 29.8 Å². The van der Waals surface area contributed by atoms with Crippen LogP contribution in [0.4, 0.5) is 0 Å². The molecule has 1 N–H and O–H groups in total. The minimum absolute atomic E-state index is 0.00563. The fraction of sp³-hybridized carbons (Fsp3) is 0.579. The molecular formula is C19H28N2O4. The van der Waals surface area contributed by atoms with Crippen molar-refractivity contribution in [3.63, 3.8) is 0 Å². The Bertz CT molecular complexity index is 573. The number of likely N-dealkylation sites (tertiary alicyclic amines) is 1. The second-order valence-corrected chi connectivity index (χ2v) is 6.35. The van der Waals surface area contributed by atoms with E-state index in [9.17, 15) is 9.59 Å². The second-order valence-electron chi connectivity index (χ2n) is 6.35. The first-order valence-electron chi connectivity index (χ1n) is 9.01. The molecule has 1 aliphatic rings. The lowest BCUT2D eigenvalue weighted by Crippen LogP contribution is -2.42. The zero-order valence-corrected chi connectivity index (χ0v) is 15.1. The SMILES string of the molecule is CCCN(CC(=O)O)CC(=O)N1CCCC1c1ccc(OCC)cc1. The van der Waals surface area contributed by atoms with Crippen molar-refractivity contribution in [2.24, 2.45) is 0 Å².